The van der Waals surface area contributed by atoms with E-state index in [0.29, 0.717) is 11.6 Å². The van der Waals surface area contributed by atoms with Gasteiger partial charge in [0.1, 0.15) is 0 Å². The minimum atomic E-state index is 0.00205. The first-order chi connectivity index (χ1) is 11.8. The van der Waals surface area contributed by atoms with E-state index in [0.717, 1.165) is 27.4 Å². The third kappa shape index (κ3) is 3.01. The lowest BCUT2D eigenvalue weighted by Gasteiger charge is -2.01. The number of carbonyl (C=O) groups excluding carboxylic acids is 1. The normalized spacial score (nSPS) is 11.0. The lowest BCUT2D eigenvalue weighted by molar-refractivity contribution is -0.116. The van der Waals surface area contributed by atoms with Gasteiger partial charge in [0.15, 0.2) is 5.13 Å². The molecule has 3 nitrogen and oxygen atoms in total. The van der Waals surface area contributed by atoms with Crippen molar-refractivity contribution >= 4 is 43.4 Å². The first kappa shape index (κ1) is 14.8. The quantitative estimate of drug-likeness (QED) is 0.570. The Bertz CT molecular complexity index is 1010. The number of hydrogen-bond acceptors (Lipinski definition) is 3. The number of rotatable bonds is 4. The summed E-state index contributed by atoms with van der Waals surface area (Å²) in [6, 6.07) is 22.4. The number of hydrogen-bond donors (Lipinski definition) is 1. The minimum absolute atomic E-state index is 0.00205. The van der Waals surface area contributed by atoms with E-state index in [4.69, 9.17) is 0 Å². The molecule has 0 aliphatic heterocycles. The Kier molecular flexibility index (Phi) is 3.97. The van der Waals surface area contributed by atoms with Gasteiger partial charge in [0.2, 0.25) is 5.91 Å². The summed E-state index contributed by atoms with van der Waals surface area (Å²) in [5, 5.41) is 5.89. The maximum atomic E-state index is 12.2. The summed E-state index contributed by atoms with van der Waals surface area (Å²) in [7, 11) is 0. The molecule has 0 fully saturated rings. The van der Waals surface area contributed by atoms with E-state index < -0.39 is 0 Å². The number of carbonyl (C=O) groups is 1. The molecule has 24 heavy (non-hydrogen) atoms. The second-order valence-corrected chi connectivity index (χ2v) is 6.72. The highest BCUT2D eigenvalue weighted by atomic mass is 32.1. The van der Waals surface area contributed by atoms with Crippen LogP contribution in [0, 0.1) is 0 Å². The van der Waals surface area contributed by atoms with E-state index >= 15 is 0 Å². The number of nitrogens with one attached hydrogen (secondary N) is 1. The van der Waals surface area contributed by atoms with Gasteiger partial charge in [-0.05, 0) is 23.4 Å². The molecule has 0 saturated carbocycles. The molecule has 1 heterocycles. The van der Waals surface area contributed by atoms with Crippen molar-refractivity contribution in [3.8, 4) is 0 Å². The topological polar surface area (TPSA) is 42.0 Å². The average Bonchev–Trinajstić information content (AvgIpc) is 3.04. The summed E-state index contributed by atoms with van der Waals surface area (Å²) in [5.41, 5.74) is 2.12. The molecular weight excluding hydrogens is 316 g/mol. The molecule has 0 bridgehead atoms. The Balaban J connectivity index is 1.52. The second-order valence-electron chi connectivity index (χ2n) is 5.69. The smallest absolute Gasteiger partial charge is 0.226 e. The molecule has 1 aromatic heterocycles. The molecule has 0 saturated heterocycles. The van der Waals surface area contributed by atoms with Gasteiger partial charge in [-0.15, -0.1) is 0 Å². The first-order valence-corrected chi connectivity index (χ1v) is 8.73. The molecule has 0 spiro atoms. The van der Waals surface area contributed by atoms with Crippen molar-refractivity contribution in [2.75, 3.05) is 5.32 Å². The number of aromatic nitrogens is 1. The molecular formula is C20H16N2OS. The monoisotopic (exact) mass is 332 g/mol. The van der Waals surface area contributed by atoms with Crippen LogP contribution in [0.3, 0.4) is 0 Å². The van der Waals surface area contributed by atoms with Gasteiger partial charge in [-0.1, -0.05) is 72.0 Å². The van der Waals surface area contributed by atoms with Crippen molar-refractivity contribution in [2.45, 2.75) is 12.8 Å². The zero-order valence-electron chi connectivity index (χ0n) is 13.0. The van der Waals surface area contributed by atoms with E-state index in [2.05, 4.69) is 34.6 Å². The highest BCUT2D eigenvalue weighted by Gasteiger charge is 2.10. The van der Waals surface area contributed by atoms with E-state index in [1.165, 1.54) is 16.9 Å². The van der Waals surface area contributed by atoms with Crippen molar-refractivity contribution in [1.82, 2.24) is 4.98 Å². The van der Waals surface area contributed by atoms with Crippen LogP contribution in [0.15, 0.2) is 66.7 Å². The van der Waals surface area contributed by atoms with E-state index in [1.54, 1.807) is 0 Å². The SMILES string of the molecule is O=C(CCc1ccccc1)Nc1nc2c(ccc3ccccc32)s1. The molecule has 0 radical (unpaired) electrons. The first-order valence-electron chi connectivity index (χ1n) is 7.92. The Morgan fingerprint density at radius 3 is 2.62 bits per heavy atom. The van der Waals surface area contributed by atoms with Crippen LogP contribution in [0.25, 0.3) is 21.0 Å². The van der Waals surface area contributed by atoms with Crippen LogP contribution < -0.4 is 5.32 Å². The molecule has 4 aromatic rings. The molecule has 0 aliphatic rings. The highest BCUT2D eigenvalue weighted by Crippen LogP contribution is 2.31. The summed E-state index contributed by atoms with van der Waals surface area (Å²) < 4.78 is 1.09. The Labute approximate surface area is 144 Å². The fourth-order valence-corrected chi connectivity index (χ4v) is 3.70. The van der Waals surface area contributed by atoms with Crippen LogP contribution >= 0.6 is 11.3 Å². The van der Waals surface area contributed by atoms with Crippen molar-refractivity contribution in [1.29, 1.82) is 0 Å². The number of amides is 1. The largest absolute Gasteiger partial charge is 0.302 e. The Hall–Kier alpha value is -2.72. The number of fused-ring (bicyclic) bond motifs is 3. The summed E-state index contributed by atoms with van der Waals surface area (Å²) >= 11 is 1.52. The predicted molar refractivity (Wildman–Crippen MR) is 101 cm³/mol. The van der Waals surface area contributed by atoms with Crippen LogP contribution in [0.2, 0.25) is 0 Å². The van der Waals surface area contributed by atoms with Crippen LogP contribution in [0.1, 0.15) is 12.0 Å². The zero-order valence-corrected chi connectivity index (χ0v) is 13.8. The Morgan fingerprint density at radius 2 is 1.75 bits per heavy atom. The fourth-order valence-electron chi connectivity index (χ4n) is 2.80. The zero-order chi connectivity index (χ0) is 16.4. The van der Waals surface area contributed by atoms with Gasteiger partial charge in [-0.2, -0.15) is 0 Å². The van der Waals surface area contributed by atoms with E-state index in [1.807, 2.05) is 42.5 Å². The molecule has 1 N–H and O–H groups in total. The molecule has 4 heteroatoms. The van der Waals surface area contributed by atoms with Crippen molar-refractivity contribution in [2.24, 2.45) is 0 Å². The molecule has 118 valence electrons. The van der Waals surface area contributed by atoms with Gasteiger partial charge >= 0.3 is 0 Å². The van der Waals surface area contributed by atoms with Crippen LogP contribution in [0.5, 0.6) is 0 Å². The molecule has 0 aliphatic carbocycles. The molecule has 1 amide bonds. The maximum absolute atomic E-state index is 12.2. The van der Waals surface area contributed by atoms with Crippen LogP contribution in [-0.4, -0.2) is 10.9 Å². The summed E-state index contributed by atoms with van der Waals surface area (Å²) in [5.74, 6) is 0.00205. The van der Waals surface area contributed by atoms with Crippen molar-refractivity contribution in [3.05, 3.63) is 72.3 Å². The lowest BCUT2D eigenvalue weighted by Crippen LogP contribution is -2.11. The minimum Gasteiger partial charge on any atom is -0.302 e. The van der Waals surface area contributed by atoms with Gasteiger partial charge in [0.05, 0.1) is 10.2 Å². The predicted octanol–water partition coefficient (Wildman–Crippen LogP) is 5.02. The highest BCUT2D eigenvalue weighted by molar-refractivity contribution is 7.22. The molecule has 0 atom stereocenters. The lowest BCUT2D eigenvalue weighted by atomic mass is 10.1. The Morgan fingerprint density at radius 1 is 0.958 bits per heavy atom. The van der Waals surface area contributed by atoms with Crippen molar-refractivity contribution in [3.63, 3.8) is 0 Å². The molecule has 3 aromatic carbocycles. The number of benzene rings is 3. The number of nitrogens with zero attached hydrogens (tertiary/aromatic N) is 1. The second kappa shape index (κ2) is 6.42. The van der Waals surface area contributed by atoms with Crippen LogP contribution in [-0.2, 0) is 11.2 Å². The van der Waals surface area contributed by atoms with Gasteiger partial charge in [0.25, 0.3) is 0 Å². The summed E-state index contributed by atoms with van der Waals surface area (Å²) in [4.78, 5) is 16.8. The van der Waals surface area contributed by atoms with Gasteiger partial charge in [-0.25, -0.2) is 4.98 Å². The third-order valence-electron chi connectivity index (χ3n) is 4.01. The number of thiazole rings is 1. The van der Waals surface area contributed by atoms with Gasteiger partial charge in [-0.3, -0.25) is 4.79 Å². The van der Waals surface area contributed by atoms with Gasteiger partial charge in [0, 0.05) is 11.8 Å². The molecule has 0 unspecified atom stereocenters. The maximum Gasteiger partial charge on any atom is 0.226 e. The van der Waals surface area contributed by atoms with E-state index in [9.17, 15) is 4.79 Å². The number of aryl methyl sites for hydroxylation is 1. The van der Waals surface area contributed by atoms with Crippen molar-refractivity contribution < 1.29 is 4.79 Å². The van der Waals surface area contributed by atoms with Gasteiger partial charge < -0.3 is 5.32 Å². The standard InChI is InChI=1S/C20H16N2OS/c23-18(13-10-14-6-2-1-3-7-14)21-20-22-19-16-9-5-4-8-15(16)11-12-17(19)24-20/h1-9,11-12H,10,13H2,(H,21,22,23). The molecule has 4 rings (SSSR count). The average molecular weight is 332 g/mol. The number of anilines is 1. The van der Waals surface area contributed by atoms with E-state index in [-0.39, 0.29) is 5.91 Å². The fraction of sp³-hybridized carbons (Fsp3) is 0.100. The summed E-state index contributed by atoms with van der Waals surface area (Å²) in [6.07, 6.45) is 1.20. The third-order valence-corrected chi connectivity index (χ3v) is 4.95. The summed E-state index contributed by atoms with van der Waals surface area (Å²) in [6.45, 7) is 0. The van der Waals surface area contributed by atoms with Crippen LogP contribution in [0.4, 0.5) is 5.13 Å².